The van der Waals surface area contributed by atoms with E-state index in [4.69, 9.17) is 24.8 Å². The minimum absolute atomic E-state index is 0.133. The van der Waals surface area contributed by atoms with Crippen molar-refractivity contribution in [1.82, 2.24) is 14.8 Å². The minimum atomic E-state index is -5.46. The average Bonchev–Trinajstić information content (AvgIpc) is 3.49. The fourth-order valence-corrected chi connectivity index (χ4v) is 3.86. The smallest absolute Gasteiger partial charge is 0.452 e. The Kier molecular flexibility index (Phi) is 7.74. The van der Waals surface area contributed by atoms with Crippen molar-refractivity contribution in [3.63, 3.8) is 0 Å². The number of nitrogens with two attached hydrogens (primary N) is 1. The molecule has 2 heterocycles. The molecule has 4 rings (SSSR count). The SMILES string of the molecule is NC(=O)c1ncn([C@@H]2O[C@H](COP(=O)(O)F)[C@H](OC(=O)c3ccccc3)C2OC(=O)c2ccccc2)n1. The van der Waals surface area contributed by atoms with Gasteiger partial charge in [0.25, 0.3) is 5.91 Å². The Bertz CT molecular complexity index is 1320. The van der Waals surface area contributed by atoms with Gasteiger partial charge in [0.1, 0.15) is 12.4 Å². The van der Waals surface area contributed by atoms with Crippen LogP contribution in [-0.4, -0.2) is 62.4 Å². The summed E-state index contributed by atoms with van der Waals surface area (Å²) in [6, 6.07) is 15.6. The Balaban J connectivity index is 1.70. The fraction of sp³-hybridized carbons (Fsp3) is 0.227. The van der Waals surface area contributed by atoms with Gasteiger partial charge < -0.3 is 19.9 Å². The molecule has 3 aromatic rings. The number of carbonyl (C=O) groups is 3. The third-order valence-electron chi connectivity index (χ3n) is 5.18. The maximum Gasteiger partial charge on any atom is 0.510 e. The third kappa shape index (κ3) is 6.43. The molecule has 1 aromatic heterocycles. The van der Waals surface area contributed by atoms with E-state index in [0.717, 1.165) is 11.0 Å². The molecule has 0 spiro atoms. The number of carbonyl (C=O) groups excluding carboxylic acids is 3. The second-order valence-corrected chi connectivity index (χ2v) is 8.86. The van der Waals surface area contributed by atoms with Crippen molar-refractivity contribution < 1.29 is 46.8 Å². The van der Waals surface area contributed by atoms with Gasteiger partial charge in [-0.1, -0.05) is 36.4 Å². The number of benzene rings is 2. The number of amides is 1. The van der Waals surface area contributed by atoms with E-state index in [9.17, 15) is 23.1 Å². The van der Waals surface area contributed by atoms with E-state index in [1.54, 1.807) is 36.4 Å². The number of aromatic nitrogens is 3. The predicted molar refractivity (Wildman–Crippen MR) is 121 cm³/mol. The first-order valence-corrected chi connectivity index (χ1v) is 12.1. The number of halogens is 1. The summed E-state index contributed by atoms with van der Waals surface area (Å²) in [6.45, 7) is -0.871. The van der Waals surface area contributed by atoms with Crippen LogP contribution in [-0.2, 0) is 23.3 Å². The zero-order valence-corrected chi connectivity index (χ0v) is 19.7. The Morgan fingerprint density at radius 3 is 2.03 bits per heavy atom. The number of hydrogen-bond donors (Lipinski definition) is 2. The summed E-state index contributed by atoms with van der Waals surface area (Å²) in [6.07, 6.45) is -4.66. The van der Waals surface area contributed by atoms with Crippen molar-refractivity contribution in [2.45, 2.75) is 24.5 Å². The van der Waals surface area contributed by atoms with Gasteiger partial charge in [0.05, 0.1) is 17.7 Å². The lowest BCUT2D eigenvalue weighted by Crippen LogP contribution is -2.41. The van der Waals surface area contributed by atoms with Crippen LogP contribution in [0.15, 0.2) is 67.0 Å². The van der Waals surface area contributed by atoms with Crippen LogP contribution in [0.3, 0.4) is 0 Å². The molecule has 2 unspecified atom stereocenters. The van der Waals surface area contributed by atoms with Crippen molar-refractivity contribution in [2.24, 2.45) is 5.73 Å². The molecule has 2 aromatic carbocycles. The zero-order valence-electron chi connectivity index (χ0n) is 18.8. The minimum Gasteiger partial charge on any atom is -0.452 e. The van der Waals surface area contributed by atoms with Crippen LogP contribution < -0.4 is 5.73 Å². The van der Waals surface area contributed by atoms with Crippen LogP contribution in [0, 0.1) is 0 Å². The molecule has 1 saturated heterocycles. The predicted octanol–water partition coefficient (Wildman–Crippen LogP) is 1.81. The number of primary amides is 1. The maximum atomic E-state index is 13.3. The van der Waals surface area contributed by atoms with Crippen molar-refractivity contribution >= 4 is 25.8 Å². The third-order valence-corrected chi connectivity index (χ3v) is 5.65. The molecule has 0 aliphatic carbocycles. The molecule has 3 N–H and O–H groups in total. The standard InChI is InChI=1S/C22H20FN4O9P/c23-37(31,32)33-11-15-16(35-21(29)13-7-3-1-4-8-13)17(36-22(30)14-9-5-2-6-10-14)20(34-15)27-12-25-19(26-27)18(24)28/h1-10,12,15-17,20H,11H2,(H2,24,28)(H,31,32)/t15-,16+,17?,20-/m1/s1. The topological polar surface area (TPSA) is 182 Å². The molecule has 1 aliphatic heterocycles. The van der Waals surface area contributed by atoms with Crippen molar-refractivity contribution in [1.29, 1.82) is 0 Å². The lowest BCUT2D eigenvalue weighted by atomic mass is 10.1. The summed E-state index contributed by atoms with van der Waals surface area (Å²) in [4.78, 5) is 50.0. The highest BCUT2D eigenvalue weighted by Crippen LogP contribution is 2.45. The highest BCUT2D eigenvalue weighted by atomic mass is 31.2. The molecule has 0 saturated carbocycles. The van der Waals surface area contributed by atoms with Gasteiger partial charge in [-0.2, -0.15) is 0 Å². The second-order valence-electron chi connectivity index (χ2n) is 7.70. The summed E-state index contributed by atoms with van der Waals surface area (Å²) >= 11 is 0. The Labute approximate surface area is 208 Å². The monoisotopic (exact) mass is 534 g/mol. The van der Waals surface area contributed by atoms with Crippen LogP contribution >= 0.6 is 7.91 Å². The summed E-state index contributed by atoms with van der Waals surface area (Å²) in [5.41, 5.74) is 5.48. The Morgan fingerprint density at radius 2 is 1.54 bits per heavy atom. The van der Waals surface area contributed by atoms with Gasteiger partial charge in [-0.05, 0) is 24.3 Å². The van der Waals surface area contributed by atoms with E-state index in [2.05, 4.69) is 14.6 Å². The molecule has 194 valence electrons. The van der Waals surface area contributed by atoms with E-state index in [0.29, 0.717) is 0 Å². The van der Waals surface area contributed by atoms with E-state index in [-0.39, 0.29) is 11.1 Å². The van der Waals surface area contributed by atoms with E-state index < -0.39 is 62.7 Å². The first kappa shape index (κ1) is 26.1. The van der Waals surface area contributed by atoms with E-state index >= 15 is 0 Å². The Hall–Kier alpha value is -3.97. The van der Waals surface area contributed by atoms with Gasteiger partial charge >= 0.3 is 19.8 Å². The number of nitrogens with zero attached hydrogens (tertiary/aromatic N) is 3. The number of hydrogen-bond acceptors (Lipinski definition) is 10. The normalized spacial score (nSPS) is 22.6. The van der Waals surface area contributed by atoms with E-state index in [1.807, 2.05) is 0 Å². The van der Waals surface area contributed by atoms with Crippen LogP contribution in [0.25, 0.3) is 0 Å². The maximum absolute atomic E-state index is 13.3. The van der Waals surface area contributed by atoms with Crippen LogP contribution in [0.4, 0.5) is 4.20 Å². The molecule has 5 atom stereocenters. The number of esters is 2. The number of ether oxygens (including phenoxy) is 3. The van der Waals surface area contributed by atoms with Crippen molar-refractivity contribution in [3.05, 3.63) is 83.9 Å². The number of rotatable bonds is 9. The van der Waals surface area contributed by atoms with Crippen LogP contribution in [0.5, 0.6) is 0 Å². The summed E-state index contributed by atoms with van der Waals surface area (Å²) in [7, 11) is -5.46. The molecule has 1 fully saturated rings. The Morgan fingerprint density at radius 1 is 1.00 bits per heavy atom. The first-order chi connectivity index (χ1) is 17.6. The molecular formula is C22H20FN4O9P. The average molecular weight is 534 g/mol. The highest BCUT2D eigenvalue weighted by Gasteiger charge is 2.52. The molecular weight excluding hydrogens is 514 g/mol. The summed E-state index contributed by atoms with van der Waals surface area (Å²) in [5.74, 6) is -3.04. The quantitative estimate of drug-likeness (QED) is 0.302. The van der Waals surface area contributed by atoms with Crippen LogP contribution in [0.2, 0.25) is 0 Å². The molecule has 0 radical (unpaired) electrons. The lowest BCUT2D eigenvalue weighted by Gasteiger charge is -2.24. The molecule has 15 heteroatoms. The van der Waals surface area contributed by atoms with Gasteiger partial charge in [0.15, 0.2) is 18.4 Å². The van der Waals surface area contributed by atoms with Gasteiger partial charge in [-0.15, -0.1) is 9.30 Å². The molecule has 1 amide bonds. The van der Waals surface area contributed by atoms with E-state index in [1.165, 1.54) is 24.3 Å². The second kappa shape index (κ2) is 11.0. The molecule has 13 nitrogen and oxygen atoms in total. The molecule has 1 aliphatic rings. The van der Waals surface area contributed by atoms with Gasteiger partial charge in [0.2, 0.25) is 5.82 Å². The van der Waals surface area contributed by atoms with Gasteiger partial charge in [-0.25, -0.2) is 23.8 Å². The first-order valence-electron chi connectivity index (χ1n) is 10.7. The van der Waals surface area contributed by atoms with Crippen molar-refractivity contribution in [3.8, 4) is 0 Å². The fourth-order valence-electron chi connectivity index (χ4n) is 3.53. The zero-order chi connectivity index (χ0) is 26.6. The molecule has 37 heavy (non-hydrogen) atoms. The van der Waals surface area contributed by atoms with Gasteiger partial charge in [-0.3, -0.25) is 14.2 Å². The lowest BCUT2D eigenvalue weighted by molar-refractivity contribution is -0.0630. The van der Waals surface area contributed by atoms with Crippen molar-refractivity contribution in [2.75, 3.05) is 6.61 Å². The van der Waals surface area contributed by atoms with Crippen LogP contribution in [0.1, 0.15) is 37.6 Å². The van der Waals surface area contributed by atoms with Gasteiger partial charge in [0, 0.05) is 0 Å². The molecule has 0 bridgehead atoms. The summed E-state index contributed by atoms with van der Waals surface area (Å²) < 4.78 is 46.7. The largest absolute Gasteiger partial charge is 0.510 e. The highest BCUT2D eigenvalue weighted by molar-refractivity contribution is 7.46. The summed E-state index contributed by atoms with van der Waals surface area (Å²) in [5, 5.41) is 3.89.